The quantitative estimate of drug-likeness (QED) is 0.510. The zero-order valence-electron chi connectivity index (χ0n) is 7.92. The van der Waals surface area contributed by atoms with Crippen LogP contribution in [-0.4, -0.2) is 11.1 Å². The summed E-state index contributed by atoms with van der Waals surface area (Å²) in [5, 5.41) is 8.42. The first kappa shape index (κ1) is 8.39. The molecule has 0 saturated carbocycles. The van der Waals surface area contributed by atoms with Gasteiger partial charge in [0.15, 0.2) is 0 Å². The number of aromatic nitrogens is 1. The monoisotopic (exact) mass is 196 g/mol. The summed E-state index contributed by atoms with van der Waals surface area (Å²) in [6.07, 6.45) is 7.61. The highest BCUT2D eigenvalue weighted by atomic mass is 16.6. The van der Waals surface area contributed by atoms with E-state index in [1.54, 1.807) is 6.08 Å². The van der Waals surface area contributed by atoms with E-state index in [1.807, 2.05) is 30.4 Å². The van der Waals surface area contributed by atoms with E-state index >= 15 is 0 Å². The molecule has 0 aromatic carbocycles. The summed E-state index contributed by atoms with van der Waals surface area (Å²) in [4.78, 5) is 4.42. The highest BCUT2D eigenvalue weighted by Crippen LogP contribution is 2.44. The number of nitriles is 1. The molecule has 0 N–H and O–H groups in total. The summed E-state index contributed by atoms with van der Waals surface area (Å²) in [6.45, 7) is 0. The van der Waals surface area contributed by atoms with E-state index in [4.69, 9.17) is 10.00 Å². The van der Waals surface area contributed by atoms with E-state index < -0.39 is 0 Å². The van der Waals surface area contributed by atoms with Gasteiger partial charge in [0.1, 0.15) is 12.2 Å². The second-order valence-corrected chi connectivity index (χ2v) is 3.55. The summed E-state index contributed by atoms with van der Waals surface area (Å²) in [5.41, 5.74) is 2.91. The highest BCUT2D eigenvalue weighted by Gasteiger charge is 2.41. The van der Waals surface area contributed by atoms with Crippen molar-refractivity contribution in [3.63, 3.8) is 0 Å². The van der Waals surface area contributed by atoms with Gasteiger partial charge in [0.2, 0.25) is 0 Å². The van der Waals surface area contributed by atoms with Crippen molar-refractivity contribution in [2.75, 3.05) is 0 Å². The Bertz CT molecular complexity index is 511. The van der Waals surface area contributed by atoms with Gasteiger partial charge in [-0.05, 0) is 18.2 Å². The number of hydrogen-bond donors (Lipinski definition) is 0. The lowest BCUT2D eigenvalue weighted by atomic mass is 10.0. The molecule has 1 saturated heterocycles. The maximum absolute atomic E-state index is 8.42. The average Bonchev–Trinajstić information content (AvgIpc) is 3.05. The van der Waals surface area contributed by atoms with E-state index in [9.17, 15) is 0 Å². The third-order valence-electron chi connectivity index (χ3n) is 2.58. The smallest absolute Gasteiger partial charge is 0.115 e. The fourth-order valence-corrected chi connectivity index (χ4v) is 1.80. The zero-order chi connectivity index (χ0) is 10.3. The normalized spacial score (nSPS) is 25.8. The molecule has 2 unspecified atom stereocenters. The van der Waals surface area contributed by atoms with Gasteiger partial charge in [0.25, 0.3) is 0 Å². The van der Waals surface area contributed by atoms with E-state index in [0.717, 1.165) is 17.0 Å². The van der Waals surface area contributed by atoms with Crippen molar-refractivity contribution < 1.29 is 4.74 Å². The topological polar surface area (TPSA) is 49.2 Å². The minimum absolute atomic E-state index is 0.214. The molecule has 0 radical (unpaired) electrons. The van der Waals surface area contributed by atoms with E-state index in [1.165, 1.54) is 6.08 Å². The summed E-state index contributed by atoms with van der Waals surface area (Å²) in [5.74, 6) is 0. The molecule has 0 spiro atoms. The molecule has 0 bridgehead atoms. The molecule has 15 heavy (non-hydrogen) atoms. The number of hydrogen-bond acceptors (Lipinski definition) is 3. The van der Waals surface area contributed by atoms with Crippen LogP contribution in [0.1, 0.15) is 23.1 Å². The maximum atomic E-state index is 8.42. The van der Waals surface area contributed by atoms with Gasteiger partial charge in [-0.1, -0.05) is 12.1 Å². The van der Waals surface area contributed by atoms with Crippen LogP contribution in [0, 0.1) is 11.3 Å². The minimum atomic E-state index is 0.214. The van der Waals surface area contributed by atoms with Crippen molar-refractivity contribution >= 4 is 12.2 Å². The Hall–Kier alpha value is -1.92. The minimum Gasteiger partial charge on any atom is -0.360 e. The lowest BCUT2D eigenvalue weighted by Gasteiger charge is -2.06. The standard InChI is InChI=1S/C12H8N2O/c13-7-1-2-8-3-4-9-10(14-8)5-6-11-12(9)15-11/h1-6,11-12H/b2-1+. The Balaban J connectivity index is 2.01. The fraction of sp³-hybridized carbons (Fsp3) is 0.167. The van der Waals surface area contributed by atoms with E-state index in [-0.39, 0.29) is 12.2 Å². The van der Waals surface area contributed by atoms with Crippen LogP contribution in [0.2, 0.25) is 0 Å². The molecule has 0 amide bonds. The van der Waals surface area contributed by atoms with Crippen LogP contribution in [-0.2, 0) is 4.74 Å². The van der Waals surface area contributed by atoms with Crippen LogP contribution in [0.5, 0.6) is 0 Å². The lowest BCUT2D eigenvalue weighted by Crippen LogP contribution is -1.98. The van der Waals surface area contributed by atoms with Crippen LogP contribution < -0.4 is 0 Å². The second kappa shape index (κ2) is 3.04. The molecule has 1 aromatic rings. The first-order valence-electron chi connectivity index (χ1n) is 4.79. The number of epoxide rings is 1. The summed E-state index contributed by atoms with van der Waals surface area (Å²) in [7, 11) is 0. The average molecular weight is 196 g/mol. The Labute approximate surface area is 87.3 Å². The summed E-state index contributed by atoms with van der Waals surface area (Å²) in [6, 6.07) is 5.88. The van der Waals surface area contributed by atoms with Crippen LogP contribution in [0.15, 0.2) is 24.3 Å². The third-order valence-corrected chi connectivity index (χ3v) is 2.58. The van der Waals surface area contributed by atoms with Gasteiger partial charge in [-0.15, -0.1) is 0 Å². The van der Waals surface area contributed by atoms with Crippen LogP contribution >= 0.6 is 0 Å². The van der Waals surface area contributed by atoms with Gasteiger partial charge >= 0.3 is 0 Å². The highest BCUT2D eigenvalue weighted by molar-refractivity contribution is 5.60. The van der Waals surface area contributed by atoms with Crippen molar-refractivity contribution in [1.29, 1.82) is 5.26 Å². The lowest BCUT2D eigenvalue weighted by molar-refractivity contribution is 0.395. The summed E-state index contributed by atoms with van der Waals surface area (Å²) >= 11 is 0. The predicted molar refractivity (Wildman–Crippen MR) is 55.5 cm³/mol. The largest absolute Gasteiger partial charge is 0.360 e. The Morgan fingerprint density at radius 1 is 1.47 bits per heavy atom. The summed E-state index contributed by atoms with van der Waals surface area (Å²) < 4.78 is 5.43. The molecule has 3 heteroatoms. The molecule has 1 fully saturated rings. The SMILES string of the molecule is N#C/C=C/c1ccc2c(n1)C=CC1OC21. The number of rotatable bonds is 1. The Kier molecular flexibility index (Phi) is 1.70. The molecule has 2 atom stereocenters. The Morgan fingerprint density at radius 2 is 2.40 bits per heavy atom. The third kappa shape index (κ3) is 1.36. The van der Waals surface area contributed by atoms with Crippen molar-refractivity contribution in [3.8, 4) is 6.07 Å². The number of fused-ring (bicyclic) bond motifs is 3. The van der Waals surface area contributed by atoms with Crippen molar-refractivity contribution in [2.45, 2.75) is 12.2 Å². The molecule has 3 nitrogen and oxygen atoms in total. The molecule has 72 valence electrons. The van der Waals surface area contributed by atoms with Gasteiger partial charge in [-0.3, -0.25) is 0 Å². The first-order valence-corrected chi connectivity index (χ1v) is 4.79. The molecule has 3 rings (SSSR count). The molecule has 2 heterocycles. The first-order chi connectivity index (χ1) is 7.38. The second-order valence-electron chi connectivity index (χ2n) is 3.55. The van der Waals surface area contributed by atoms with Crippen LogP contribution in [0.3, 0.4) is 0 Å². The molecule has 1 aliphatic heterocycles. The van der Waals surface area contributed by atoms with E-state index in [2.05, 4.69) is 4.98 Å². The van der Waals surface area contributed by atoms with Crippen LogP contribution in [0.4, 0.5) is 0 Å². The van der Waals surface area contributed by atoms with Gasteiger partial charge in [-0.2, -0.15) is 5.26 Å². The molecular formula is C12H8N2O. The van der Waals surface area contributed by atoms with Crippen LogP contribution in [0.25, 0.3) is 12.2 Å². The molecular weight excluding hydrogens is 188 g/mol. The van der Waals surface area contributed by atoms with Crippen molar-refractivity contribution in [1.82, 2.24) is 4.98 Å². The molecule has 1 aromatic heterocycles. The molecule has 2 aliphatic rings. The number of allylic oxidation sites excluding steroid dienone is 1. The number of nitrogens with zero attached hydrogens (tertiary/aromatic N) is 2. The zero-order valence-corrected chi connectivity index (χ0v) is 7.92. The number of pyridine rings is 1. The van der Waals surface area contributed by atoms with E-state index in [0.29, 0.717) is 0 Å². The predicted octanol–water partition coefficient (Wildman–Crippen LogP) is 2.09. The maximum Gasteiger partial charge on any atom is 0.115 e. The number of ether oxygens (including phenoxy) is 1. The van der Waals surface area contributed by atoms with Crippen molar-refractivity contribution in [3.05, 3.63) is 41.2 Å². The fourth-order valence-electron chi connectivity index (χ4n) is 1.80. The molecule has 1 aliphatic carbocycles. The van der Waals surface area contributed by atoms with Gasteiger partial charge in [0.05, 0.1) is 17.5 Å². The van der Waals surface area contributed by atoms with Gasteiger partial charge in [-0.25, -0.2) is 4.98 Å². The van der Waals surface area contributed by atoms with Crippen molar-refractivity contribution in [2.24, 2.45) is 0 Å². The van der Waals surface area contributed by atoms with Gasteiger partial charge in [0, 0.05) is 11.6 Å². The van der Waals surface area contributed by atoms with Gasteiger partial charge < -0.3 is 4.74 Å². The Morgan fingerprint density at radius 3 is 3.27 bits per heavy atom.